The average molecular weight is 683 g/mol. The normalized spacial score (nSPS) is 11.4. The molecule has 11 nitrogen and oxygen atoms in total. The molecule has 0 unspecified atom stereocenters. The van der Waals surface area contributed by atoms with Gasteiger partial charge < -0.3 is 18.9 Å². The maximum absolute atomic E-state index is 13.5. The summed E-state index contributed by atoms with van der Waals surface area (Å²) in [5.74, 6) is -2.43. The molecule has 0 fully saturated rings. The SMILES string of the molecule is C=C(C)C(=O)OCCCC(CC)(CCCOC(=O)C(=C)C)C(CCCOC(=O)C(=C)C)(CCCOC(=O)C(=C)C)S(=O)(=O)O.[KH]. The van der Waals surface area contributed by atoms with Crippen LogP contribution in [0, 0.1) is 5.41 Å². The number of rotatable bonds is 23. The third-order valence-corrected chi connectivity index (χ3v) is 9.34. The van der Waals surface area contributed by atoms with Gasteiger partial charge in [0.2, 0.25) is 0 Å². The Labute approximate surface area is 311 Å². The summed E-state index contributed by atoms with van der Waals surface area (Å²) in [6.45, 7) is 21.7. The zero-order valence-electron chi connectivity index (χ0n) is 27.0. The molecule has 0 aliphatic heterocycles. The number of ether oxygens (including phenoxy) is 4. The van der Waals surface area contributed by atoms with Gasteiger partial charge in [-0.1, -0.05) is 33.2 Å². The zero-order valence-corrected chi connectivity index (χ0v) is 27.8. The minimum atomic E-state index is -4.82. The quantitative estimate of drug-likeness (QED) is 0.0388. The second kappa shape index (κ2) is 22.0. The molecule has 0 aliphatic rings. The Morgan fingerprint density at radius 3 is 1.02 bits per heavy atom. The summed E-state index contributed by atoms with van der Waals surface area (Å²) in [5, 5.41) is 0. The zero-order chi connectivity index (χ0) is 34.1. The van der Waals surface area contributed by atoms with Crippen LogP contribution in [0.25, 0.3) is 0 Å². The summed E-state index contributed by atoms with van der Waals surface area (Å²) in [4.78, 5) is 47.9. The molecule has 0 spiro atoms. The Hall–Kier alpha value is -1.61. The van der Waals surface area contributed by atoms with Gasteiger partial charge in [0.1, 0.15) is 4.75 Å². The van der Waals surface area contributed by atoms with Gasteiger partial charge in [0.25, 0.3) is 10.1 Å². The van der Waals surface area contributed by atoms with E-state index in [1.54, 1.807) is 6.92 Å². The molecule has 0 bridgehead atoms. The summed E-state index contributed by atoms with van der Waals surface area (Å²) in [6.07, 6.45) is 1.16. The molecular weight excluding hydrogens is 632 g/mol. The van der Waals surface area contributed by atoms with Crippen molar-refractivity contribution < 1.29 is 51.1 Å². The van der Waals surface area contributed by atoms with Gasteiger partial charge in [-0.05, 0) is 90.9 Å². The van der Waals surface area contributed by atoms with Crippen molar-refractivity contribution in [2.45, 2.75) is 97.2 Å². The first-order chi connectivity index (χ1) is 20.4. The Balaban J connectivity index is 0. The van der Waals surface area contributed by atoms with Crippen LogP contribution in [-0.2, 0) is 48.2 Å². The average Bonchev–Trinajstić information content (AvgIpc) is 2.94. The van der Waals surface area contributed by atoms with E-state index in [4.69, 9.17) is 18.9 Å². The van der Waals surface area contributed by atoms with Gasteiger partial charge >= 0.3 is 75.3 Å². The van der Waals surface area contributed by atoms with Crippen LogP contribution in [0.5, 0.6) is 0 Å². The predicted octanol–water partition coefficient (Wildman–Crippen LogP) is 4.96. The minimum absolute atomic E-state index is 0. The molecule has 0 rings (SSSR count). The van der Waals surface area contributed by atoms with Gasteiger partial charge in [0, 0.05) is 22.3 Å². The third-order valence-electron chi connectivity index (χ3n) is 7.51. The van der Waals surface area contributed by atoms with Gasteiger partial charge in [-0.2, -0.15) is 8.42 Å². The second-order valence-electron chi connectivity index (χ2n) is 11.2. The first-order valence-corrected chi connectivity index (χ1v) is 16.1. The molecule has 0 aromatic carbocycles. The van der Waals surface area contributed by atoms with Crippen molar-refractivity contribution in [1.29, 1.82) is 0 Å². The Bertz CT molecular complexity index is 1120. The number of hydrogen-bond donors (Lipinski definition) is 1. The van der Waals surface area contributed by atoms with Crippen LogP contribution < -0.4 is 0 Å². The van der Waals surface area contributed by atoms with Crippen LogP contribution in [0.4, 0.5) is 0 Å². The molecular formula is C32H51KO11S. The van der Waals surface area contributed by atoms with E-state index in [2.05, 4.69) is 26.3 Å². The van der Waals surface area contributed by atoms with Crippen LogP contribution >= 0.6 is 0 Å². The molecule has 0 aromatic rings. The van der Waals surface area contributed by atoms with Crippen LogP contribution in [-0.4, -0.2) is 119 Å². The molecule has 0 heterocycles. The summed E-state index contributed by atoms with van der Waals surface area (Å²) in [6, 6.07) is 0. The molecule has 0 saturated heterocycles. The molecule has 1 N–H and O–H groups in total. The Kier molecular flexibility index (Phi) is 22.3. The number of carbonyl (C=O) groups is 4. The van der Waals surface area contributed by atoms with E-state index in [0.29, 0.717) is 0 Å². The van der Waals surface area contributed by atoms with Gasteiger partial charge in [0.05, 0.1) is 26.4 Å². The second-order valence-corrected chi connectivity index (χ2v) is 12.9. The van der Waals surface area contributed by atoms with Gasteiger partial charge in [-0.15, -0.1) is 0 Å². The van der Waals surface area contributed by atoms with Crippen molar-refractivity contribution in [3.05, 3.63) is 48.6 Å². The predicted molar refractivity (Wildman–Crippen MR) is 174 cm³/mol. The fourth-order valence-corrected chi connectivity index (χ4v) is 6.83. The van der Waals surface area contributed by atoms with E-state index in [-0.39, 0.29) is 158 Å². The van der Waals surface area contributed by atoms with E-state index < -0.39 is 44.2 Å². The maximum atomic E-state index is 13.5. The van der Waals surface area contributed by atoms with Crippen molar-refractivity contribution >= 4 is 85.4 Å². The molecule has 0 aromatic heterocycles. The number of carbonyl (C=O) groups excluding carboxylic acids is 4. The van der Waals surface area contributed by atoms with Crippen LogP contribution in [0.3, 0.4) is 0 Å². The van der Waals surface area contributed by atoms with Crippen LogP contribution in [0.1, 0.15) is 92.4 Å². The van der Waals surface area contributed by atoms with Gasteiger partial charge in [-0.3, -0.25) is 4.55 Å². The fourth-order valence-electron chi connectivity index (χ4n) is 5.13. The standard InChI is InChI=1S/C32H50O11S.K.H/c1-10-31(15-11-19-40-27(33)23(2)3,16-12-20-41-28(34)24(4)5)32(44(37,38)39,17-13-21-42-29(35)25(6)7)18-14-22-43-30(36)26(8)9;;/h2,4,6,8,10-22H2,1,3,5,7,9H3,(H,37,38,39);;. The number of hydrogen-bond acceptors (Lipinski definition) is 10. The number of esters is 4. The molecule has 0 aliphatic carbocycles. The first-order valence-electron chi connectivity index (χ1n) is 14.6. The van der Waals surface area contributed by atoms with Crippen LogP contribution in [0.15, 0.2) is 48.6 Å². The summed E-state index contributed by atoms with van der Waals surface area (Å²) in [7, 11) is -4.82. The van der Waals surface area contributed by atoms with E-state index in [9.17, 15) is 32.1 Å². The van der Waals surface area contributed by atoms with Crippen molar-refractivity contribution in [3.63, 3.8) is 0 Å². The summed E-state index contributed by atoms with van der Waals surface area (Å²) >= 11 is 0. The monoisotopic (exact) mass is 682 g/mol. The van der Waals surface area contributed by atoms with Crippen LogP contribution in [0.2, 0.25) is 0 Å². The third kappa shape index (κ3) is 15.2. The molecule has 0 radical (unpaired) electrons. The van der Waals surface area contributed by atoms with Crippen molar-refractivity contribution in [3.8, 4) is 0 Å². The molecule has 0 amide bonds. The Morgan fingerprint density at radius 2 is 0.822 bits per heavy atom. The summed E-state index contributed by atoms with van der Waals surface area (Å²) in [5.41, 5.74) is -0.328. The van der Waals surface area contributed by atoms with Gasteiger partial charge in [-0.25, -0.2) is 19.2 Å². The van der Waals surface area contributed by atoms with E-state index in [1.165, 1.54) is 27.7 Å². The molecule has 0 saturated carbocycles. The molecule has 45 heavy (non-hydrogen) atoms. The van der Waals surface area contributed by atoms with Gasteiger partial charge in [0.15, 0.2) is 0 Å². The molecule has 0 atom stereocenters. The van der Waals surface area contributed by atoms with Crippen molar-refractivity contribution in [2.24, 2.45) is 5.41 Å². The van der Waals surface area contributed by atoms with Crippen molar-refractivity contribution in [2.75, 3.05) is 26.4 Å². The first kappa shape index (κ1) is 45.5. The van der Waals surface area contributed by atoms with Crippen molar-refractivity contribution in [1.82, 2.24) is 0 Å². The fraction of sp³-hybridized carbons (Fsp3) is 0.625. The molecule has 252 valence electrons. The van der Waals surface area contributed by atoms with E-state index >= 15 is 0 Å². The van der Waals surface area contributed by atoms with E-state index in [0.717, 1.165) is 0 Å². The summed E-state index contributed by atoms with van der Waals surface area (Å²) < 4.78 is 57.1. The Morgan fingerprint density at radius 1 is 0.578 bits per heavy atom. The topological polar surface area (TPSA) is 160 Å². The molecule has 13 heteroatoms. The van der Waals surface area contributed by atoms with E-state index in [1.807, 2.05) is 0 Å².